The molecular formula is C13H24N4. The van der Waals surface area contributed by atoms with Crippen LogP contribution in [0.4, 0.5) is 0 Å². The first-order valence-corrected chi connectivity index (χ1v) is 6.53. The third-order valence-corrected chi connectivity index (χ3v) is 3.52. The first kappa shape index (κ1) is 12.6. The van der Waals surface area contributed by atoms with Crippen molar-refractivity contribution >= 4 is 0 Å². The predicted molar refractivity (Wildman–Crippen MR) is 69.9 cm³/mol. The van der Waals surface area contributed by atoms with Crippen molar-refractivity contribution in [2.45, 2.75) is 26.3 Å². The second-order valence-corrected chi connectivity index (χ2v) is 5.32. The second kappa shape index (κ2) is 5.65. The van der Waals surface area contributed by atoms with Crippen LogP contribution >= 0.6 is 0 Å². The first-order valence-electron chi connectivity index (χ1n) is 6.53. The normalized spacial score (nSPS) is 21.1. The Hall–Kier alpha value is -0.870. The first-order chi connectivity index (χ1) is 8.15. The average molecular weight is 236 g/mol. The topological polar surface area (TPSA) is 33.1 Å². The van der Waals surface area contributed by atoms with E-state index in [0.717, 1.165) is 18.2 Å². The van der Waals surface area contributed by atoms with Gasteiger partial charge in [-0.05, 0) is 45.8 Å². The highest BCUT2D eigenvalue weighted by Gasteiger charge is 2.15. The van der Waals surface area contributed by atoms with Crippen molar-refractivity contribution in [2.75, 3.05) is 26.7 Å². The lowest BCUT2D eigenvalue weighted by molar-refractivity contribution is 0.237. The summed E-state index contributed by atoms with van der Waals surface area (Å²) < 4.78 is 1.90. The molecule has 0 aliphatic carbocycles. The highest BCUT2D eigenvalue weighted by Crippen LogP contribution is 2.13. The summed E-state index contributed by atoms with van der Waals surface area (Å²) in [6, 6.07) is 0. The zero-order valence-electron chi connectivity index (χ0n) is 11.2. The molecule has 1 aliphatic heterocycles. The summed E-state index contributed by atoms with van der Waals surface area (Å²) >= 11 is 0. The molecule has 1 aromatic rings. The van der Waals surface area contributed by atoms with Crippen molar-refractivity contribution < 1.29 is 0 Å². The minimum Gasteiger partial charge on any atom is -0.316 e. The molecule has 0 bridgehead atoms. The maximum Gasteiger partial charge on any atom is 0.0638 e. The van der Waals surface area contributed by atoms with Gasteiger partial charge in [-0.2, -0.15) is 5.10 Å². The van der Waals surface area contributed by atoms with Gasteiger partial charge in [0.05, 0.1) is 5.69 Å². The largest absolute Gasteiger partial charge is 0.316 e. The molecule has 1 N–H and O–H groups in total. The lowest BCUT2D eigenvalue weighted by atomic mass is 9.99. The molecule has 4 heteroatoms. The number of aromatic nitrogens is 2. The van der Waals surface area contributed by atoms with E-state index in [2.05, 4.69) is 35.5 Å². The highest BCUT2D eigenvalue weighted by molar-refractivity contribution is 5.14. The van der Waals surface area contributed by atoms with Crippen LogP contribution in [0.3, 0.4) is 0 Å². The molecule has 17 heavy (non-hydrogen) atoms. The smallest absolute Gasteiger partial charge is 0.0638 e. The van der Waals surface area contributed by atoms with Gasteiger partial charge in [-0.15, -0.1) is 0 Å². The van der Waals surface area contributed by atoms with E-state index in [1.165, 1.54) is 38.0 Å². The summed E-state index contributed by atoms with van der Waals surface area (Å²) in [4.78, 5) is 2.42. The van der Waals surface area contributed by atoms with Gasteiger partial charge in [-0.1, -0.05) is 0 Å². The molecule has 96 valence electrons. The maximum absolute atomic E-state index is 4.39. The molecule has 0 saturated carbocycles. The molecular weight excluding hydrogens is 212 g/mol. The third kappa shape index (κ3) is 3.54. The molecule has 2 heterocycles. The Labute approximate surface area is 104 Å². The number of hydrogen-bond acceptors (Lipinski definition) is 3. The molecule has 0 amide bonds. The Bertz CT molecular complexity index is 352. The third-order valence-electron chi connectivity index (χ3n) is 3.52. The van der Waals surface area contributed by atoms with Crippen molar-refractivity contribution in [3.05, 3.63) is 17.5 Å². The zero-order chi connectivity index (χ0) is 12.3. The van der Waals surface area contributed by atoms with Gasteiger partial charge in [0.15, 0.2) is 0 Å². The van der Waals surface area contributed by atoms with E-state index in [1.807, 2.05) is 11.7 Å². The van der Waals surface area contributed by atoms with Gasteiger partial charge in [0.25, 0.3) is 0 Å². The number of rotatable bonds is 4. The van der Waals surface area contributed by atoms with Crippen LogP contribution in [-0.4, -0.2) is 41.4 Å². The Kier molecular flexibility index (Phi) is 4.18. The molecule has 1 saturated heterocycles. The number of aryl methyl sites for hydroxylation is 2. The average Bonchev–Trinajstić information content (AvgIpc) is 2.58. The Morgan fingerprint density at radius 2 is 2.41 bits per heavy atom. The predicted octanol–water partition coefficient (Wildman–Crippen LogP) is 1.16. The van der Waals surface area contributed by atoms with E-state index in [4.69, 9.17) is 0 Å². The van der Waals surface area contributed by atoms with Crippen molar-refractivity contribution in [1.29, 1.82) is 0 Å². The van der Waals surface area contributed by atoms with E-state index in [0.29, 0.717) is 0 Å². The van der Waals surface area contributed by atoms with Crippen LogP contribution in [0.15, 0.2) is 6.20 Å². The Balaban J connectivity index is 1.83. The van der Waals surface area contributed by atoms with Crippen LogP contribution in [-0.2, 0) is 13.6 Å². The summed E-state index contributed by atoms with van der Waals surface area (Å²) in [5.74, 6) is 0.811. The highest BCUT2D eigenvalue weighted by atomic mass is 15.3. The number of nitrogens with zero attached hydrogens (tertiary/aromatic N) is 3. The van der Waals surface area contributed by atoms with Crippen molar-refractivity contribution in [2.24, 2.45) is 13.0 Å². The lowest BCUT2D eigenvalue weighted by Gasteiger charge is -2.27. The monoisotopic (exact) mass is 236 g/mol. The van der Waals surface area contributed by atoms with Crippen molar-refractivity contribution in [1.82, 2.24) is 20.0 Å². The van der Waals surface area contributed by atoms with Crippen LogP contribution in [0.5, 0.6) is 0 Å². The summed E-state index contributed by atoms with van der Waals surface area (Å²) in [6.45, 7) is 6.65. The van der Waals surface area contributed by atoms with Gasteiger partial charge < -0.3 is 10.2 Å². The molecule has 1 aromatic heterocycles. The second-order valence-electron chi connectivity index (χ2n) is 5.32. The zero-order valence-corrected chi connectivity index (χ0v) is 11.2. The van der Waals surface area contributed by atoms with Gasteiger partial charge >= 0.3 is 0 Å². The van der Waals surface area contributed by atoms with Gasteiger partial charge in [-0.25, -0.2) is 0 Å². The van der Waals surface area contributed by atoms with E-state index in [9.17, 15) is 0 Å². The van der Waals surface area contributed by atoms with Crippen LogP contribution < -0.4 is 5.32 Å². The summed E-state index contributed by atoms with van der Waals surface area (Å²) in [5, 5.41) is 7.87. The van der Waals surface area contributed by atoms with Crippen LogP contribution in [0.25, 0.3) is 0 Å². The van der Waals surface area contributed by atoms with Gasteiger partial charge in [0.2, 0.25) is 0 Å². The van der Waals surface area contributed by atoms with E-state index < -0.39 is 0 Å². The van der Waals surface area contributed by atoms with E-state index in [-0.39, 0.29) is 0 Å². The molecule has 1 unspecified atom stereocenters. The molecule has 1 fully saturated rings. The number of hydrogen-bond donors (Lipinski definition) is 1. The molecule has 0 radical (unpaired) electrons. The van der Waals surface area contributed by atoms with Crippen LogP contribution in [0.2, 0.25) is 0 Å². The Morgan fingerprint density at radius 3 is 3.00 bits per heavy atom. The molecule has 0 spiro atoms. The maximum atomic E-state index is 4.39. The SMILES string of the molecule is Cc1nn(C)cc1CN(C)CC1CCCNC1. The number of piperidine rings is 1. The molecule has 1 aliphatic rings. The quantitative estimate of drug-likeness (QED) is 0.851. The Morgan fingerprint density at radius 1 is 1.59 bits per heavy atom. The van der Waals surface area contributed by atoms with Crippen molar-refractivity contribution in [3.63, 3.8) is 0 Å². The molecule has 4 nitrogen and oxygen atoms in total. The van der Waals surface area contributed by atoms with E-state index in [1.54, 1.807) is 0 Å². The van der Waals surface area contributed by atoms with Gasteiger partial charge in [-0.3, -0.25) is 4.68 Å². The number of nitrogens with one attached hydrogen (secondary N) is 1. The fourth-order valence-corrected chi connectivity index (χ4v) is 2.68. The minimum atomic E-state index is 0.811. The van der Waals surface area contributed by atoms with Crippen molar-refractivity contribution in [3.8, 4) is 0 Å². The standard InChI is InChI=1S/C13H24N4/c1-11-13(10-17(3)15-11)9-16(2)8-12-5-4-6-14-7-12/h10,12,14H,4-9H2,1-3H3. The lowest BCUT2D eigenvalue weighted by Crippen LogP contribution is -2.36. The van der Waals surface area contributed by atoms with Crippen LogP contribution in [0, 0.1) is 12.8 Å². The summed E-state index contributed by atoms with van der Waals surface area (Å²) in [7, 11) is 4.20. The van der Waals surface area contributed by atoms with E-state index >= 15 is 0 Å². The molecule has 0 aromatic carbocycles. The summed E-state index contributed by atoms with van der Waals surface area (Å²) in [5.41, 5.74) is 2.50. The summed E-state index contributed by atoms with van der Waals surface area (Å²) in [6.07, 6.45) is 4.82. The molecule has 2 rings (SSSR count). The fourth-order valence-electron chi connectivity index (χ4n) is 2.68. The van der Waals surface area contributed by atoms with Crippen LogP contribution in [0.1, 0.15) is 24.1 Å². The molecule has 1 atom stereocenters. The van der Waals surface area contributed by atoms with Gasteiger partial charge in [0, 0.05) is 31.9 Å². The minimum absolute atomic E-state index is 0.811. The van der Waals surface area contributed by atoms with Gasteiger partial charge in [0.1, 0.15) is 0 Å². The fraction of sp³-hybridized carbons (Fsp3) is 0.769.